The highest BCUT2D eigenvalue weighted by Gasteiger charge is 2.37. The number of hydrazine groups is 1. The second-order valence-electron chi connectivity index (χ2n) is 12.9. The fraction of sp³-hybridized carbons (Fsp3) is 0.485. The van der Waals surface area contributed by atoms with Crippen LogP contribution in [0.4, 0.5) is 0 Å². The van der Waals surface area contributed by atoms with Gasteiger partial charge >= 0.3 is 5.97 Å². The quantitative estimate of drug-likeness (QED) is 0.278. The van der Waals surface area contributed by atoms with Crippen molar-refractivity contribution in [1.29, 1.82) is 0 Å². The Labute approximate surface area is 263 Å². The Morgan fingerprint density at radius 1 is 1.16 bits per heavy atom. The highest BCUT2D eigenvalue weighted by molar-refractivity contribution is 5.90. The minimum absolute atomic E-state index is 0.156. The van der Waals surface area contributed by atoms with Gasteiger partial charge in [0.2, 0.25) is 5.91 Å². The first-order chi connectivity index (χ1) is 21.4. The molecule has 2 aliphatic heterocycles. The zero-order valence-electron chi connectivity index (χ0n) is 26.4. The molecule has 0 saturated carbocycles. The topological polar surface area (TPSA) is 162 Å². The number of rotatable bonds is 3. The second kappa shape index (κ2) is 13.5. The average Bonchev–Trinajstić information content (AvgIpc) is 3.54. The van der Waals surface area contributed by atoms with Crippen molar-refractivity contribution in [2.75, 3.05) is 6.54 Å². The molecule has 1 aromatic carbocycles. The minimum Gasteiger partial charge on any atom is -0.455 e. The summed E-state index contributed by atoms with van der Waals surface area (Å²) in [6.45, 7) is 9.63. The van der Waals surface area contributed by atoms with E-state index in [0.29, 0.717) is 30.8 Å². The molecule has 45 heavy (non-hydrogen) atoms. The first kappa shape index (κ1) is 32.3. The Morgan fingerprint density at radius 3 is 2.67 bits per heavy atom. The maximum atomic E-state index is 13.9. The van der Waals surface area contributed by atoms with Crippen LogP contribution in [0.25, 0.3) is 17.0 Å². The Morgan fingerprint density at radius 2 is 1.93 bits per heavy atom. The molecule has 5 N–H and O–H groups in total. The van der Waals surface area contributed by atoms with E-state index in [-0.39, 0.29) is 12.3 Å². The molecule has 2 amide bonds. The molecule has 5 atom stereocenters. The number of fused-ring (bicyclic) bond motifs is 4. The fourth-order valence-electron chi connectivity index (χ4n) is 5.54. The number of aromatic amines is 1. The molecule has 240 valence electrons. The Hall–Kier alpha value is -4.13. The number of pyridine rings is 1. The molecule has 2 aliphatic rings. The van der Waals surface area contributed by atoms with Crippen molar-refractivity contribution in [1.82, 2.24) is 36.0 Å². The van der Waals surface area contributed by atoms with Gasteiger partial charge in [0.15, 0.2) is 0 Å². The van der Waals surface area contributed by atoms with Gasteiger partial charge in [-0.25, -0.2) is 15.4 Å². The summed E-state index contributed by atoms with van der Waals surface area (Å²) in [6.07, 6.45) is 6.42. The van der Waals surface area contributed by atoms with Crippen molar-refractivity contribution >= 4 is 34.8 Å². The first-order valence-electron chi connectivity index (χ1n) is 15.5. The number of benzene rings is 1. The number of ether oxygens (including phenoxy) is 1. The van der Waals surface area contributed by atoms with E-state index < -0.39 is 53.7 Å². The molecular weight excluding hydrogens is 574 g/mol. The Balaban J connectivity index is 1.51. The number of imidazole rings is 1. The number of aliphatic hydroxyl groups is 1. The highest BCUT2D eigenvalue weighted by Crippen LogP contribution is 2.26. The van der Waals surface area contributed by atoms with Crippen molar-refractivity contribution in [3.63, 3.8) is 0 Å². The van der Waals surface area contributed by atoms with Crippen LogP contribution in [0.1, 0.15) is 70.5 Å². The van der Waals surface area contributed by atoms with Gasteiger partial charge in [-0.15, -0.1) is 0 Å². The fourth-order valence-corrected chi connectivity index (χ4v) is 5.54. The van der Waals surface area contributed by atoms with Crippen molar-refractivity contribution in [2.45, 2.75) is 84.3 Å². The smallest absolute Gasteiger partial charge is 0.325 e. The lowest BCUT2D eigenvalue weighted by Gasteiger charge is -2.36. The van der Waals surface area contributed by atoms with E-state index in [1.54, 1.807) is 13.1 Å². The van der Waals surface area contributed by atoms with Crippen LogP contribution >= 0.6 is 0 Å². The number of aliphatic hydroxyl groups excluding tert-OH is 1. The summed E-state index contributed by atoms with van der Waals surface area (Å²) >= 11 is 0. The zero-order valence-corrected chi connectivity index (χ0v) is 26.4. The number of cyclic esters (lactones) is 1. The number of H-pyrrole nitrogens is 1. The predicted octanol–water partition coefficient (Wildman–Crippen LogP) is 2.77. The molecular formula is C33H43N7O5. The van der Waals surface area contributed by atoms with E-state index in [1.165, 1.54) is 11.3 Å². The molecule has 3 aromatic rings. The number of carbonyl (C=O) groups excluding carboxylic acids is 3. The van der Waals surface area contributed by atoms with E-state index in [1.807, 2.05) is 70.2 Å². The number of carbonyl (C=O) groups is 3. The van der Waals surface area contributed by atoms with Gasteiger partial charge in [-0.05, 0) is 43.4 Å². The van der Waals surface area contributed by atoms with E-state index in [0.717, 1.165) is 16.5 Å². The van der Waals surface area contributed by atoms with Crippen LogP contribution in [0.3, 0.4) is 0 Å². The summed E-state index contributed by atoms with van der Waals surface area (Å²) in [4.78, 5) is 52.8. The minimum atomic E-state index is -1.08. The molecule has 4 heterocycles. The summed E-state index contributed by atoms with van der Waals surface area (Å²) < 4.78 is 5.83. The van der Waals surface area contributed by atoms with E-state index in [4.69, 9.17) is 9.72 Å². The summed E-state index contributed by atoms with van der Waals surface area (Å²) in [5.74, 6) is -1.52. The normalized spacial score (nSPS) is 27.3. The van der Waals surface area contributed by atoms with Gasteiger partial charge in [-0.2, -0.15) is 0 Å². The largest absolute Gasteiger partial charge is 0.455 e. The van der Waals surface area contributed by atoms with Crippen molar-refractivity contribution in [2.24, 2.45) is 11.3 Å². The van der Waals surface area contributed by atoms with Crippen LogP contribution in [0.15, 0.2) is 48.9 Å². The lowest BCUT2D eigenvalue weighted by molar-refractivity contribution is -0.157. The lowest BCUT2D eigenvalue weighted by Crippen LogP contribution is -2.62. The zero-order chi connectivity index (χ0) is 32.3. The van der Waals surface area contributed by atoms with Gasteiger partial charge in [0.1, 0.15) is 24.4 Å². The molecule has 2 aromatic heterocycles. The molecule has 5 bridgehead atoms. The molecule has 1 unspecified atom stereocenters. The standard InChI is InChI=1S/C33H43N7O5/c1-19(2)28-29(41)37-27(16-23-17-34-18-35-23)30(42)40-14-6-7-25(39-40)31(43)45-20(3)24-11-10-22-9-8-21(15-26(22)36-24)12-13-33(4,5)32(44)38-28/h8-13,15,17-20,25,27-28,32,38-39,44H,6-7,14,16H2,1-5H3,(H,34,35)(H,37,41)/b13-12+/t20-,25+,27+,28+,32?/m1/s1. The van der Waals surface area contributed by atoms with Crippen LogP contribution in [-0.2, 0) is 25.5 Å². The van der Waals surface area contributed by atoms with Gasteiger partial charge in [0, 0.05) is 35.7 Å². The average molecular weight is 618 g/mol. The third-order valence-corrected chi connectivity index (χ3v) is 8.47. The number of amides is 2. The Bertz CT molecular complexity index is 1550. The predicted molar refractivity (Wildman–Crippen MR) is 169 cm³/mol. The maximum Gasteiger partial charge on any atom is 0.325 e. The summed E-state index contributed by atoms with van der Waals surface area (Å²) in [5, 5.41) is 19.7. The molecule has 0 spiro atoms. The highest BCUT2D eigenvalue weighted by atomic mass is 16.5. The molecule has 12 nitrogen and oxygen atoms in total. The summed E-state index contributed by atoms with van der Waals surface area (Å²) in [5.41, 5.74) is 5.17. The number of nitrogens with one attached hydrogen (secondary N) is 4. The third kappa shape index (κ3) is 7.58. The first-order valence-corrected chi connectivity index (χ1v) is 15.5. The monoisotopic (exact) mass is 617 g/mol. The third-order valence-electron chi connectivity index (χ3n) is 8.47. The van der Waals surface area contributed by atoms with Gasteiger partial charge in [-0.3, -0.25) is 24.7 Å². The van der Waals surface area contributed by atoms with Crippen molar-refractivity contribution in [3.8, 4) is 0 Å². The van der Waals surface area contributed by atoms with Crippen LogP contribution in [0.2, 0.25) is 0 Å². The SMILES string of the molecule is CC(C)[C@@H]1NC(O)C(C)(C)/C=C/c2ccc3ccc(nc3c2)[C@@H](C)OC(=O)[C@@H]2CCCN(N2)C(=O)[C@H](Cc2cnc[nH]2)NC1=O. The lowest BCUT2D eigenvalue weighted by atomic mass is 9.88. The van der Waals surface area contributed by atoms with Crippen LogP contribution in [0, 0.1) is 11.3 Å². The number of nitrogens with zero attached hydrogens (tertiary/aromatic N) is 3. The van der Waals surface area contributed by atoms with E-state index in [9.17, 15) is 19.5 Å². The number of hydrogen-bond acceptors (Lipinski definition) is 9. The second-order valence-corrected chi connectivity index (χ2v) is 12.9. The molecule has 1 saturated heterocycles. The van der Waals surface area contributed by atoms with E-state index >= 15 is 0 Å². The van der Waals surface area contributed by atoms with Crippen LogP contribution in [-0.4, -0.2) is 73.7 Å². The van der Waals surface area contributed by atoms with Crippen molar-refractivity contribution < 1.29 is 24.2 Å². The molecule has 5 rings (SSSR count). The number of esters is 1. The van der Waals surface area contributed by atoms with Crippen LogP contribution in [0.5, 0.6) is 0 Å². The molecule has 12 heteroatoms. The van der Waals surface area contributed by atoms with Gasteiger partial charge in [0.25, 0.3) is 5.91 Å². The molecule has 0 radical (unpaired) electrons. The van der Waals surface area contributed by atoms with Gasteiger partial charge in [-0.1, -0.05) is 58.0 Å². The van der Waals surface area contributed by atoms with E-state index in [2.05, 4.69) is 26.0 Å². The molecule has 1 fully saturated rings. The summed E-state index contributed by atoms with van der Waals surface area (Å²) in [6, 6.07) is 7.14. The van der Waals surface area contributed by atoms with Crippen LogP contribution < -0.4 is 16.1 Å². The van der Waals surface area contributed by atoms with Gasteiger partial charge in [0.05, 0.1) is 23.6 Å². The Kier molecular flexibility index (Phi) is 9.66. The summed E-state index contributed by atoms with van der Waals surface area (Å²) in [7, 11) is 0. The maximum absolute atomic E-state index is 13.9. The van der Waals surface area contributed by atoms with Crippen molar-refractivity contribution in [3.05, 3.63) is 65.9 Å². The van der Waals surface area contributed by atoms with Gasteiger partial charge < -0.3 is 20.1 Å². The number of aromatic nitrogens is 3. The molecule has 0 aliphatic carbocycles. The number of hydrogen-bond donors (Lipinski definition) is 5.